The van der Waals surface area contributed by atoms with E-state index < -0.39 is 33.3 Å². The molecule has 0 atom stereocenters. The third-order valence-electron chi connectivity index (χ3n) is 3.52. The maximum atomic E-state index is 12.3. The van der Waals surface area contributed by atoms with Gasteiger partial charge in [-0.15, -0.1) is 0 Å². The van der Waals surface area contributed by atoms with Crippen molar-refractivity contribution in [2.45, 2.75) is 31.2 Å². The largest absolute Gasteiger partial charge is 0.480 e. The molecule has 23 heavy (non-hydrogen) atoms. The Morgan fingerprint density at radius 3 is 2.43 bits per heavy atom. The van der Waals surface area contributed by atoms with Crippen LogP contribution < -0.4 is 5.32 Å². The molecule has 0 bridgehead atoms. The minimum absolute atomic E-state index is 0.000829. The van der Waals surface area contributed by atoms with Gasteiger partial charge in [-0.25, -0.2) is 17.5 Å². The molecule has 0 saturated carbocycles. The predicted molar refractivity (Wildman–Crippen MR) is 79.5 cm³/mol. The molecule has 0 spiro atoms. The molecule has 0 fully saturated rings. The second-order valence-corrected chi connectivity index (χ2v) is 7.40. The van der Waals surface area contributed by atoms with Crippen molar-refractivity contribution >= 4 is 27.8 Å². The van der Waals surface area contributed by atoms with Crippen LogP contribution in [0.1, 0.15) is 41.5 Å². The third-order valence-corrected chi connectivity index (χ3v) is 5.41. The monoisotopic (exact) mass is 340 g/mol. The second-order valence-electron chi connectivity index (χ2n) is 5.57. The molecule has 1 aromatic rings. The van der Waals surface area contributed by atoms with Gasteiger partial charge < -0.3 is 10.4 Å². The summed E-state index contributed by atoms with van der Waals surface area (Å²) in [6, 6.07) is 3.64. The molecule has 1 heterocycles. The van der Waals surface area contributed by atoms with Gasteiger partial charge in [0.1, 0.15) is 10.4 Å². The van der Waals surface area contributed by atoms with Crippen LogP contribution in [0.3, 0.4) is 0 Å². The number of fused-ring (bicyclic) bond motifs is 1. The van der Waals surface area contributed by atoms with Crippen LogP contribution in [-0.2, 0) is 14.8 Å². The molecule has 0 aliphatic carbocycles. The molecule has 8 nitrogen and oxygen atoms in total. The van der Waals surface area contributed by atoms with Crippen molar-refractivity contribution in [2.24, 2.45) is 0 Å². The lowest BCUT2D eigenvalue weighted by Crippen LogP contribution is -2.49. The zero-order valence-electron chi connectivity index (χ0n) is 12.8. The number of sulfonamides is 1. The van der Waals surface area contributed by atoms with E-state index in [0.29, 0.717) is 0 Å². The van der Waals surface area contributed by atoms with E-state index in [1.807, 2.05) is 0 Å². The number of hydrogen-bond donors (Lipinski definition) is 2. The molecule has 1 aliphatic rings. The first-order valence-electron chi connectivity index (χ1n) is 6.79. The van der Waals surface area contributed by atoms with Crippen LogP contribution in [0.15, 0.2) is 23.1 Å². The highest BCUT2D eigenvalue weighted by atomic mass is 32.2. The minimum Gasteiger partial charge on any atom is -0.480 e. The summed E-state index contributed by atoms with van der Waals surface area (Å²) in [6.07, 6.45) is 0. The van der Waals surface area contributed by atoms with Crippen LogP contribution in [0.25, 0.3) is 0 Å². The zero-order chi connectivity index (χ0) is 17.6. The highest BCUT2D eigenvalue weighted by Crippen LogP contribution is 2.30. The number of carbonyl (C=O) groups excluding carboxylic acids is 2. The molecule has 0 aromatic heterocycles. The molecule has 0 radical (unpaired) electrons. The fourth-order valence-electron chi connectivity index (χ4n) is 2.14. The van der Waals surface area contributed by atoms with Gasteiger partial charge >= 0.3 is 5.97 Å². The van der Waals surface area contributed by atoms with Gasteiger partial charge in [0.15, 0.2) is 0 Å². The van der Waals surface area contributed by atoms with Crippen molar-refractivity contribution in [1.82, 2.24) is 9.62 Å². The number of aliphatic carboxylic acids is 1. The zero-order valence-corrected chi connectivity index (χ0v) is 13.6. The van der Waals surface area contributed by atoms with Crippen LogP contribution in [0.4, 0.5) is 0 Å². The molecular formula is C14H16N2O6S. The number of rotatable bonds is 4. The van der Waals surface area contributed by atoms with Gasteiger partial charge in [0.05, 0.1) is 5.56 Å². The smallest absolute Gasteiger partial charge is 0.328 e. The van der Waals surface area contributed by atoms with E-state index >= 15 is 0 Å². The third kappa shape index (κ3) is 2.67. The Morgan fingerprint density at radius 2 is 1.91 bits per heavy atom. The number of carboxylic acid groups (broad SMARTS) is 1. The van der Waals surface area contributed by atoms with Crippen LogP contribution in [0.5, 0.6) is 0 Å². The van der Waals surface area contributed by atoms with Crippen LogP contribution in [0.2, 0.25) is 0 Å². The van der Waals surface area contributed by atoms with E-state index in [0.717, 1.165) is 10.4 Å². The lowest BCUT2D eigenvalue weighted by atomic mass is 10.0. The Balaban J connectivity index is 2.43. The summed E-state index contributed by atoms with van der Waals surface area (Å²) < 4.78 is 25.3. The standard InChI is InChI=1S/C14H16N2O6S/c1-4-16-12(18)9-6-5-8(7-10(9)23(16,21)22)11(17)15-14(2,3)13(19)20/h5-7H,4H2,1-3H3,(H,15,17)(H,19,20). The number of amides is 2. The number of nitrogens with one attached hydrogen (secondary N) is 1. The minimum atomic E-state index is -3.97. The van der Waals surface area contributed by atoms with Crippen molar-refractivity contribution in [1.29, 1.82) is 0 Å². The van der Waals surface area contributed by atoms with Crippen molar-refractivity contribution in [3.05, 3.63) is 29.3 Å². The highest BCUT2D eigenvalue weighted by Gasteiger charge is 2.40. The number of carbonyl (C=O) groups is 3. The molecule has 0 unspecified atom stereocenters. The molecule has 2 N–H and O–H groups in total. The van der Waals surface area contributed by atoms with Gasteiger partial charge in [0.25, 0.3) is 21.8 Å². The number of nitrogens with zero attached hydrogens (tertiary/aromatic N) is 1. The SMILES string of the molecule is CCN1C(=O)c2ccc(C(=O)NC(C)(C)C(=O)O)cc2S1(=O)=O. The lowest BCUT2D eigenvalue weighted by Gasteiger charge is -2.21. The van der Waals surface area contributed by atoms with E-state index in [2.05, 4.69) is 5.32 Å². The molecule has 2 amide bonds. The molecule has 2 rings (SSSR count). The Bertz CT molecular complexity index is 813. The van der Waals surface area contributed by atoms with Crippen LogP contribution >= 0.6 is 0 Å². The van der Waals surface area contributed by atoms with Crippen LogP contribution in [-0.4, -0.2) is 47.7 Å². The van der Waals surface area contributed by atoms with E-state index in [9.17, 15) is 22.8 Å². The summed E-state index contributed by atoms with van der Waals surface area (Å²) in [5, 5.41) is 11.3. The summed E-state index contributed by atoms with van der Waals surface area (Å²) in [5.74, 6) is -2.61. The van der Waals surface area contributed by atoms with Crippen molar-refractivity contribution in [3.63, 3.8) is 0 Å². The average molecular weight is 340 g/mol. The van der Waals surface area contributed by atoms with E-state index in [-0.39, 0.29) is 22.6 Å². The van der Waals surface area contributed by atoms with Gasteiger partial charge in [-0.3, -0.25) is 9.59 Å². The molecule has 1 aliphatic heterocycles. The summed E-state index contributed by atoms with van der Waals surface area (Å²) in [7, 11) is -3.97. The summed E-state index contributed by atoms with van der Waals surface area (Å²) >= 11 is 0. The number of carboxylic acids is 1. The normalized spacial score (nSPS) is 16.1. The quantitative estimate of drug-likeness (QED) is 0.820. The summed E-state index contributed by atoms with van der Waals surface area (Å²) in [4.78, 5) is 34.9. The fraction of sp³-hybridized carbons (Fsp3) is 0.357. The van der Waals surface area contributed by atoms with Gasteiger partial charge in [0, 0.05) is 12.1 Å². The molecule has 9 heteroatoms. The second kappa shape index (κ2) is 5.34. The highest BCUT2D eigenvalue weighted by molar-refractivity contribution is 7.90. The Labute approximate surface area is 133 Å². The number of benzene rings is 1. The molecule has 1 aromatic carbocycles. The van der Waals surface area contributed by atoms with E-state index in [1.165, 1.54) is 32.9 Å². The average Bonchev–Trinajstić information content (AvgIpc) is 2.64. The lowest BCUT2D eigenvalue weighted by molar-refractivity contribution is -0.143. The topological polar surface area (TPSA) is 121 Å². The first kappa shape index (κ1) is 16.9. The van der Waals surface area contributed by atoms with Gasteiger partial charge in [-0.1, -0.05) is 0 Å². The maximum Gasteiger partial charge on any atom is 0.328 e. The summed E-state index contributed by atoms with van der Waals surface area (Å²) in [5.41, 5.74) is -1.55. The molecule has 0 saturated heterocycles. The van der Waals surface area contributed by atoms with Crippen molar-refractivity contribution < 1.29 is 27.9 Å². The fourth-order valence-corrected chi connectivity index (χ4v) is 3.74. The van der Waals surface area contributed by atoms with E-state index in [4.69, 9.17) is 5.11 Å². The van der Waals surface area contributed by atoms with Crippen LogP contribution in [0, 0.1) is 0 Å². The first-order chi connectivity index (χ1) is 10.5. The van der Waals surface area contributed by atoms with Gasteiger partial charge in [-0.05, 0) is 39.0 Å². The summed E-state index contributed by atoms with van der Waals surface area (Å²) in [6.45, 7) is 4.13. The Kier molecular flexibility index (Phi) is 3.93. The first-order valence-corrected chi connectivity index (χ1v) is 8.23. The van der Waals surface area contributed by atoms with E-state index in [1.54, 1.807) is 0 Å². The number of hydrogen-bond acceptors (Lipinski definition) is 5. The molecular weight excluding hydrogens is 324 g/mol. The Hall–Kier alpha value is -2.42. The Morgan fingerprint density at radius 1 is 1.30 bits per heavy atom. The van der Waals surface area contributed by atoms with Crippen molar-refractivity contribution in [2.75, 3.05) is 6.54 Å². The van der Waals surface area contributed by atoms with Crippen molar-refractivity contribution in [3.8, 4) is 0 Å². The molecule has 124 valence electrons. The van der Waals surface area contributed by atoms with Gasteiger partial charge in [0.2, 0.25) is 0 Å². The maximum absolute atomic E-state index is 12.3. The predicted octanol–water partition coefficient (Wildman–Crippen LogP) is 0.444. The van der Waals surface area contributed by atoms with Gasteiger partial charge in [-0.2, -0.15) is 0 Å².